The van der Waals surface area contributed by atoms with Crippen molar-refractivity contribution in [2.24, 2.45) is 4.99 Å². The van der Waals surface area contributed by atoms with Crippen molar-refractivity contribution in [3.05, 3.63) is 82.8 Å². The van der Waals surface area contributed by atoms with E-state index in [4.69, 9.17) is 4.74 Å². The van der Waals surface area contributed by atoms with E-state index >= 15 is 0 Å². The molecule has 5 nitrogen and oxygen atoms in total. The highest BCUT2D eigenvalue weighted by Gasteiger charge is 2.47. The Hall–Kier alpha value is -2.93. The maximum atomic E-state index is 13.5. The molecule has 0 spiro atoms. The fourth-order valence-electron chi connectivity index (χ4n) is 3.61. The lowest BCUT2D eigenvalue weighted by Gasteiger charge is -2.33. The van der Waals surface area contributed by atoms with Crippen molar-refractivity contribution in [3.63, 3.8) is 0 Å². The number of benzene rings is 2. The molecule has 1 amide bonds. The van der Waals surface area contributed by atoms with Gasteiger partial charge in [-0.25, -0.2) is 14.2 Å². The van der Waals surface area contributed by atoms with Crippen LogP contribution in [0.25, 0.3) is 0 Å². The Balaban J connectivity index is 1.71. The number of fused-ring (bicyclic) bond motifs is 1. The monoisotopic (exact) mass is 424 g/mol. The summed E-state index contributed by atoms with van der Waals surface area (Å²) >= 11 is 1.40. The molecular weight excluding hydrogens is 403 g/mol. The molecule has 0 aliphatic carbocycles. The molecule has 0 aromatic heterocycles. The third-order valence-electron chi connectivity index (χ3n) is 5.14. The summed E-state index contributed by atoms with van der Waals surface area (Å²) in [7, 11) is 0. The Morgan fingerprint density at radius 3 is 2.53 bits per heavy atom. The summed E-state index contributed by atoms with van der Waals surface area (Å²) in [6.07, 6.45) is 0.655. The van der Waals surface area contributed by atoms with Gasteiger partial charge in [0.1, 0.15) is 12.4 Å². The molecule has 30 heavy (non-hydrogen) atoms. The average Bonchev–Trinajstić information content (AvgIpc) is 3.07. The van der Waals surface area contributed by atoms with Crippen LogP contribution < -0.4 is 0 Å². The third kappa shape index (κ3) is 3.77. The van der Waals surface area contributed by atoms with E-state index in [0.717, 1.165) is 5.56 Å². The summed E-state index contributed by atoms with van der Waals surface area (Å²) in [5.41, 5.74) is 2.31. The lowest BCUT2D eigenvalue weighted by atomic mass is 9.94. The van der Waals surface area contributed by atoms with Crippen LogP contribution in [0.5, 0.6) is 0 Å². The zero-order valence-corrected chi connectivity index (χ0v) is 17.5. The van der Waals surface area contributed by atoms with E-state index in [1.54, 1.807) is 24.0 Å². The first-order chi connectivity index (χ1) is 14.5. The topological polar surface area (TPSA) is 59.0 Å². The van der Waals surface area contributed by atoms with Crippen LogP contribution in [0, 0.1) is 5.82 Å². The van der Waals surface area contributed by atoms with Crippen LogP contribution >= 0.6 is 11.8 Å². The van der Waals surface area contributed by atoms with Gasteiger partial charge in [0.2, 0.25) is 5.91 Å². The average molecular weight is 424 g/mol. The van der Waals surface area contributed by atoms with Crippen molar-refractivity contribution in [1.82, 2.24) is 4.90 Å². The predicted octanol–water partition coefficient (Wildman–Crippen LogP) is 4.61. The number of hydrogen-bond acceptors (Lipinski definition) is 5. The first kappa shape index (κ1) is 20.3. The third-order valence-corrected chi connectivity index (χ3v) is 6.46. The number of allylic oxidation sites excluding steroid dienone is 1. The summed E-state index contributed by atoms with van der Waals surface area (Å²) in [6.45, 7) is 3.80. The lowest BCUT2D eigenvalue weighted by Crippen LogP contribution is -2.40. The molecule has 1 saturated heterocycles. The van der Waals surface area contributed by atoms with E-state index < -0.39 is 12.0 Å². The predicted molar refractivity (Wildman–Crippen MR) is 114 cm³/mol. The fourth-order valence-corrected chi connectivity index (χ4v) is 4.75. The van der Waals surface area contributed by atoms with Crippen LogP contribution in [-0.2, 0) is 20.9 Å². The second kappa shape index (κ2) is 8.44. The number of amidine groups is 1. The molecule has 2 aromatic rings. The van der Waals surface area contributed by atoms with Crippen molar-refractivity contribution >= 4 is 28.8 Å². The zero-order valence-electron chi connectivity index (χ0n) is 16.7. The largest absolute Gasteiger partial charge is 0.457 e. The van der Waals surface area contributed by atoms with Gasteiger partial charge in [0.05, 0.1) is 22.6 Å². The Labute approximate surface area is 178 Å². The molecule has 2 atom stereocenters. The van der Waals surface area contributed by atoms with E-state index in [9.17, 15) is 14.0 Å². The first-order valence-corrected chi connectivity index (χ1v) is 10.6. The fraction of sp³-hybridized carbons (Fsp3) is 0.261. The lowest BCUT2D eigenvalue weighted by molar-refractivity contribution is -0.141. The summed E-state index contributed by atoms with van der Waals surface area (Å²) in [6, 6.07) is 14.5. The van der Waals surface area contributed by atoms with Crippen LogP contribution in [0.1, 0.15) is 37.4 Å². The number of carbonyl (C=O) groups is 2. The standard InChI is InChI=1S/C23H21FN2O3S/c1-3-18-21(27)26-20(16-9-11-17(24)12-10-16)19(14(2)25-23(26)30-18)22(28)29-13-15-7-5-4-6-8-15/h4-12,18,20H,3,13H2,1-2H3/t18-,20+/m0/s1. The number of hydrogen-bond donors (Lipinski definition) is 0. The van der Waals surface area contributed by atoms with Gasteiger partial charge in [-0.15, -0.1) is 0 Å². The first-order valence-electron chi connectivity index (χ1n) is 9.75. The number of halogens is 1. The van der Waals surface area contributed by atoms with Crippen molar-refractivity contribution in [2.75, 3.05) is 0 Å². The molecule has 2 aliphatic heterocycles. The number of ether oxygens (including phenoxy) is 1. The number of aliphatic imine (C=N–C) groups is 1. The summed E-state index contributed by atoms with van der Waals surface area (Å²) in [5.74, 6) is -1.02. The highest BCUT2D eigenvalue weighted by atomic mass is 32.2. The minimum Gasteiger partial charge on any atom is -0.457 e. The van der Waals surface area contributed by atoms with Crippen molar-refractivity contribution in [2.45, 2.75) is 38.2 Å². The molecule has 0 bridgehead atoms. The zero-order chi connectivity index (χ0) is 21.3. The minimum atomic E-state index is -0.696. The molecule has 154 valence electrons. The van der Waals surface area contributed by atoms with Gasteiger partial charge in [0.15, 0.2) is 5.17 Å². The summed E-state index contributed by atoms with van der Waals surface area (Å²) in [5, 5.41) is 0.317. The van der Waals surface area contributed by atoms with Gasteiger partial charge in [0.25, 0.3) is 0 Å². The van der Waals surface area contributed by atoms with Crippen LogP contribution in [0.2, 0.25) is 0 Å². The number of thioether (sulfide) groups is 1. The minimum absolute atomic E-state index is 0.101. The van der Waals surface area contributed by atoms with Gasteiger partial charge in [-0.1, -0.05) is 61.2 Å². The number of esters is 1. The molecule has 0 radical (unpaired) electrons. The molecule has 0 unspecified atom stereocenters. The van der Waals surface area contributed by atoms with E-state index in [1.807, 2.05) is 37.3 Å². The van der Waals surface area contributed by atoms with Gasteiger partial charge in [0, 0.05) is 0 Å². The normalized spacial score (nSPS) is 20.8. The number of carbonyl (C=O) groups excluding carboxylic acids is 2. The van der Waals surface area contributed by atoms with Gasteiger partial charge in [-0.05, 0) is 36.6 Å². The second-order valence-electron chi connectivity index (χ2n) is 7.13. The van der Waals surface area contributed by atoms with Crippen LogP contribution in [0.3, 0.4) is 0 Å². The Morgan fingerprint density at radius 1 is 1.17 bits per heavy atom. The quantitative estimate of drug-likeness (QED) is 0.658. The molecule has 4 rings (SSSR count). The molecule has 0 N–H and O–H groups in total. The van der Waals surface area contributed by atoms with Gasteiger partial charge < -0.3 is 4.74 Å². The van der Waals surface area contributed by atoms with E-state index in [0.29, 0.717) is 28.4 Å². The maximum absolute atomic E-state index is 13.5. The van der Waals surface area contributed by atoms with Crippen molar-refractivity contribution in [3.8, 4) is 0 Å². The number of nitrogens with zero attached hydrogens (tertiary/aromatic N) is 2. The molecule has 1 fully saturated rings. The summed E-state index contributed by atoms with van der Waals surface area (Å²) < 4.78 is 19.1. The van der Waals surface area contributed by atoms with Crippen LogP contribution in [0.15, 0.2) is 70.9 Å². The van der Waals surface area contributed by atoms with Gasteiger partial charge in [-0.2, -0.15) is 0 Å². The second-order valence-corrected chi connectivity index (χ2v) is 8.30. The SMILES string of the molecule is CC[C@@H]1SC2=NC(C)=C(C(=O)OCc3ccccc3)[C@@H](c3ccc(F)cc3)N2C1=O. The van der Waals surface area contributed by atoms with Crippen molar-refractivity contribution in [1.29, 1.82) is 0 Å². The summed E-state index contributed by atoms with van der Waals surface area (Å²) in [4.78, 5) is 32.2. The van der Waals surface area contributed by atoms with Crippen molar-refractivity contribution < 1.29 is 18.7 Å². The Bertz CT molecular complexity index is 1030. The van der Waals surface area contributed by atoms with E-state index in [-0.39, 0.29) is 23.6 Å². The van der Waals surface area contributed by atoms with E-state index in [2.05, 4.69) is 4.99 Å². The smallest absolute Gasteiger partial charge is 0.338 e. The van der Waals surface area contributed by atoms with Gasteiger partial charge in [-0.3, -0.25) is 9.69 Å². The van der Waals surface area contributed by atoms with E-state index in [1.165, 1.54) is 23.9 Å². The Morgan fingerprint density at radius 2 is 1.87 bits per heavy atom. The maximum Gasteiger partial charge on any atom is 0.338 e. The Kier molecular flexibility index (Phi) is 5.72. The highest BCUT2D eigenvalue weighted by molar-refractivity contribution is 8.15. The molecule has 2 aromatic carbocycles. The highest BCUT2D eigenvalue weighted by Crippen LogP contribution is 2.44. The van der Waals surface area contributed by atoms with Crippen LogP contribution in [0.4, 0.5) is 4.39 Å². The molecular formula is C23H21FN2O3S. The van der Waals surface area contributed by atoms with Crippen LogP contribution in [-0.4, -0.2) is 27.2 Å². The molecule has 2 heterocycles. The molecule has 2 aliphatic rings. The number of rotatable bonds is 5. The number of amides is 1. The molecule has 7 heteroatoms. The molecule has 0 saturated carbocycles. The van der Waals surface area contributed by atoms with Gasteiger partial charge >= 0.3 is 5.97 Å².